The van der Waals surface area contributed by atoms with Crippen LogP contribution in [0.3, 0.4) is 0 Å². The zero-order valence-corrected chi connectivity index (χ0v) is 10.6. The van der Waals surface area contributed by atoms with Gasteiger partial charge in [0.05, 0.1) is 19.8 Å². The number of ether oxygens (including phenoxy) is 1. The first-order valence-corrected chi connectivity index (χ1v) is 6.81. The van der Waals surface area contributed by atoms with Gasteiger partial charge in [-0.1, -0.05) is 13.8 Å². The van der Waals surface area contributed by atoms with E-state index in [0.717, 1.165) is 24.3 Å². The van der Waals surface area contributed by atoms with Crippen LogP contribution in [0.1, 0.15) is 13.8 Å². The molecule has 1 aliphatic heterocycles. The smallest absolute Gasteiger partial charge is 0.0698 e. The van der Waals surface area contributed by atoms with Crippen LogP contribution in [0.5, 0.6) is 0 Å². The lowest BCUT2D eigenvalue weighted by Crippen LogP contribution is -2.41. The van der Waals surface area contributed by atoms with E-state index in [9.17, 15) is 0 Å². The van der Waals surface area contributed by atoms with Gasteiger partial charge in [-0.15, -0.1) is 0 Å². The maximum absolute atomic E-state index is 8.58. The Morgan fingerprint density at radius 3 is 2.93 bits per heavy atom. The molecule has 1 N–H and O–H groups in total. The van der Waals surface area contributed by atoms with Crippen LogP contribution in [0.2, 0.25) is 0 Å². The highest BCUT2D eigenvalue weighted by Gasteiger charge is 2.22. The number of aliphatic hydroxyl groups excluding tert-OH is 1. The van der Waals surface area contributed by atoms with E-state index in [0.29, 0.717) is 6.61 Å². The van der Waals surface area contributed by atoms with Gasteiger partial charge in [-0.2, -0.15) is 11.8 Å². The van der Waals surface area contributed by atoms with Crippen molar-refractivity contribution in [3.8, 4) is 0 Å². The summed E-state index contributed by atoms with van der Waals surface area (Å²) in [4.78, 5) is 2.47. The summed E-state index contributed by atoms with van der Waals surface area (Å²) in [6.45, 7) is 9.30. The normalized spacial score (nSPS) is 23.6. The molecule has 3 nitrogen and oxygen atoms in total. The molecule has 1 saturated heterocycles. The summed E-state index contributed by atoms with van der Waals surface area (Å²) in [6.07, 6.45) is 0. The first-order chi connectivity index (χ1) is 7.24. The second-order valence-electron chi connectivity index (χ2n) is 4.29. The molecule has 0 amide bonds. The van der Waals surface area contributed by atoms with Crippen LogP contribution in [0.15, 0.2) is 0 Å². The van der Waals surface area contributed by atoms with Crippen LogP contribution in [-0.2, 0) is 4.74 Å². The van der Waals surface area contributed by atoms with Gasteiger partial charge in [-0.25, -0.2) is 0 Å². The van der Waals surface area contributed by atoms with Crippen LogP contribution in [0, 0.1) is 5.92 Å². The fraction of sp³-hybridized carbons (Fsp3) is 1.00. The van der Waals surface area contributed by atoms with Crippen molar-refractivity contribution < 1.29 is 9.84 Å². The molecule has 1 heterocycles. The highest BCUT2D eigenvalue weighted by molar-refractivity contribution is 8.00. The van der Waals surface area contributed by atoms with Crippen LogP contribution in [0.4, 0.5) is 0 Å². The lowest BCUT2D eigenvalue weighted by atomic mass is 10.1. The maximum atomic E-state index is 8.58. The number of aliphatic hydroxyl groups is 1. The van der Waals surface area contributed by atoms with Crippen molar-refractivity contribution in [2.45, 2.75) is 19.1 Å². The Bertz CT molecular complexity index is 167. The molecule has 0 aromatic rings. The quantitative estimate of drug-likeness (QED) is 0.696. The molecule has 1 atom stereocenters. The van der Waals surface area contributed by atoms with Crippen LogP contribution >= 0.6 is 11.8 Å². The Balaban J connectivity index is 2.13. The minimum atomic E-state index is 0.129. The van der Waals surface area contributed by atoms with Gasteiger partial charge in [0.2, 0.25) is 0 Å². The topological polar surface area (TPSA) is 32.7 Å². The van der Waals surface area contributed by atoms with E-state index in [1.54, 1.807) is 0 Å². The van der Waals surface area contributed by atoms with Gasteiger partial charge in [0.15, 0.2) is 0 Å². The van der Waals surface area contributed by atoms with E-state index in [4.69, 9.17) is 9.84 Å². The molecule has 1 rings (SSSR count). The van der Waals surface area contributed by atoms with Crippen molar-refractivity contribution in [1.29, 1.82) is 0 Å². The number of rotatable bonds is 6. The van der Waals surface area contributed by atoms with Crippen LogP contribution < -0.4 is 0 Å². The number of hydrogen-bond donors (Lipinski definition) is 1. The first kappa shape index (κ1) is 13.3. The number of thioether (sulfide) groups is 1. The first-order valence-electron chi connectivity index (χ1n) is 5.76. The zero-order valence-electron chi connectivity index (χ0n) is 9.82. The molecular weight excluding hydrogens is 210 g/mol. The second kappa shape index (κ2) is 7.49. The Labute approximate surface area is 97.2 Å². The van der Waals surface area contributed by atoms with Gasteiger partial charge in [0, 0.05) is 30.6 Å². The summed E-state index contributed by atoms with van der Waals surface area (Å²) in [5.41, 5.74) is 0. The summed E-state index contributed by atoms with van der Waals surface area (Å²) < 4.78 is 5.28. The Morgan fingerprint density at radius 1 is 1.47 bits per heavy atom. The molecule has 1 unspecified atom stereocenters. The number of nitrogens with zero attached hydrogens (tertiary/aromatic N) is 1. The van der Waals surface area contributed by atoms with Crippen LogP contribution in [-0.4, -0.2) is 60.5 Å². The summed E-state index contributed by atoms with van der Waals surface area (Å²) in [6, 6.07) is 0. The highest BCUT2D eigenvalue weighted by Crippen LogP contribution is 2.24. The van der Waals surface area contributed by atoms with Gasteiger partial charge in [0.25, 0.3) is 0 Å². The molecule has 0 spiro atoms. The Hall–Kier alpha value is 0.230. The summed E-state index contributed by atoms with van der Waals surface area (Å²) in [5.74, 6) is 2.00. The van der Waals surface area contributed by atoms with Crippen molar-refractivity contribution in [3.63, 3.8) is 0 Å². The third-order valence-corrected chi connectivity index (χ3v) is 4.25. The molecule has 0 aromatic heterocycles. The van der Waals surface area contributed by atoms with E-state index >= 15 is 0 Å². The van der Waals surface area contributed by atoms with Gasteiger partial charge in [-0.3, -0.25) is 4.90 Å². The van der Waals surface area contributed by atoms with E-state index in [1.807, 2.05) is 0 Å². The fourth-order valence-electron chi connectivity index (χ4n) is 1.70. The lowest BCUT2D eigenvalue weighted by Gasteiger charge is -2.34. The Morgan fingerprint density at radius 2 is 2.27 bits per heavy atom. The molecule has 1 fully saturated rings. The van der Waals surface area contributed by atoms with Gasteiger partial charge in [0.1, 0.15) is 0 Å². The predicted octanol–water partition coefficient (Wildman–Crippen LogP) is 1.07. The molecule has 15 heavy (non-hydrogen) atoms. The summed E-state index contributed by atoms with van der Waals surface area (Å²) in [5, 5.41) is 9.35. The third-order valence-electron chi connectivity index (χ3n) is 2.71. The fourth-order valence-corrected chi connectivity index (χ4v) is 3.07. The van der Waals surface area contributed by atoms with Crippen molar-refractivity contribution in [1.82, 2.24) is 4.90 Å². The monoisotopic (exact) mass is 233 g/mol. The molecule has 0 aromatic carbocycles. The highest BCUT2D eigenvalue weighted by atomic mass is 32.2. The average molecular weight is 233 g/mol. The van der Waals surface area contributed by atoms with Crippen molar-refractivity contribution in [2.75, 3.05) is 45.2 Å². The molecule has 0 radical (unpaired) electrons. The summed E-state index contributed by atoms with van der Waals surface area (Å²) in [7, 11) is 0. The summed E-state index contributed by atoms with van der Waals surface area (Å²) >= 11 is 2.10. The molecule has 0 aliphatic carbocycles. The molecule has 4 heteroatoms. The Kier molecular flexibility index (Phi) is 6.64. The zero-order chi connectivity index (χ0) is 11.1. The predicted molar refractivity (Wildman–Crippen MR) is 65.4 cm³/mol. The minimum Gasteiger partial charge on any atom is -0.394 e. The standard InChI is InChI=1S/C11H23NO2S/c1-10(2)11-9-12(4-8-15-11)3-6-14-7-5-13/h10-11,13H,3-9H2,1-2H3. The second-order valence-corrected chi connectivity index (χ2v) is 5.64. The SMILES string of the molecule is CC(C)C1CN(CCOCCO)CCS1. The molecule has 1 aliphatic rings. The van der Waals surface area contributed by atoms with E-state index in [2.05, 4.69) is 30.5 Å². The van der Waals surface area contributed by atoms with Gasteiger partial charge >= 0.3 is 0 Å². The molecule has 0 bridgehead atoms. The van der Waals surface area contributed by atoms with E-state index in [1.165, 1.54) is 18.8 Å². The molecule has 0 saturated carbocycles. The average Bonchev–Trinajstić information content (AvgIpc) is 2.25. The van der Waals surface area contributed by atoms with Crippen LogP contribution in [0.25, 0.3) is 0 Å². The van der Waals surface area contributed by atoms with Crippen molar-refractivity contribution in [3.05, 3.63) is 0 Å². The third kappa shape index (κ3) is 5.20. The largest absolute Gasteiger partial charge is 0.394 e. The van der Waals surface area contributed by atoms with Crippen molar-refractivity contribution >= 4 is 11.8 Å². The van der Waals surface area contributed by atoms with Crippen molar-refractivity contribution in [2.24, 2.45) is 5.92 Å². The minimum absolute atomic E-state index is 0.129. The molecule has 90 valence electrons. The lowest BCUT2D eigenvalue weighted by molar-refractivity contribution is 0.0736. The molecular formula is C11H23NO2S. The number of hydrogen-bond acceptors (Lipinski definition) is 4. The van der Waals surface area contributed by atoms with E-state index in [-0.39, 0.29) is 6.61 Å². The maximum Gasteiger partial charge on any atom is 0.0698 e. The van der Waals surface area contributed by atoms with Gasteiger partial charge < -0.3 is 9.84 Å². The van der Waals surface area contributed by atoms with Gasteiger partial charge in [-0.05, 0) is 5.92 Å². The van der Waals surface area contributed by atoms with E-state index < -0.39 is 0 Å².